The van der Waals surface area contributed by atoms with Crippen LogP contribution in [-0.4, -0.2) is 47.0 Å². The van der Waals surface area contributed by atoms with Crippen molar-refractivity contribution in [3.63, 3.8) is 0 Å². The van der Waals surface area contributed by atoms with E-state index in [1.54, 1.807) is 0 Å². The lowest BCUT2D eigenvalue weighted by molar-refractivity contribution is -0.166. The van der Waals surface area contributed by atoms with Gasteiger partial charge in [-0.25, -0.2) is 5.06 Å². The molecule has 0 saturated heterocycles. The van der Waals surface area contributed by atoms with Gasteiger partial charge in [0.2, 0.25) is 0 Å². The zero-order valence-electron chi connectivity index (χ0n) is 11.4. The molecule has 0 aliphatic carbocycles. The fourth-order valence-corrected chi connectivity index (χ4v) is 1.65. The minimum Gasteiger partial charge on any atom is -0.300 e. The van der Waals surface area contributed by atoms with Gasteiger partial charge >= 0.3 is 0 Å². The summed E-state index contributed by atoms with van der Waals surface area (Å²) in [6.07, 6.45) is 0.171. The van der Waals surface area contributed by atoms with Crippen molar-refractivity contribution in [3.8, 4) is 0 Å². The van der Waals surface area contributed by atoms with Gasteiger partial charge in [0.25, 0.3) is 5.91 Å². The Balaban J connectivity index is 2.37. The van der Waals surface area contributed by atoms with Crippen LogP contribution in [0, 0.1) is 0 Å². The van der Waals surface area contributed by atoms with Crippen molar-refractivity contribution in [2.75, 3.05) is 20.1 Å². The Kier molecular flexibility index (Phi) is 6.18. The summed E-state index contributed by atoms with van der Waals surface area (Å²) in [6.45, 7) is 2.23. The average Bonchev–Trinajstić information content (AvgIpc) is 2.36. The molecule has 0 spiro atoms. The van der Waals surface area contributed by atoms with Crippen LogP contribution in [0.2, 0.25) is 0 Å². The second-order valence-electron chi connectivity index (χ2n) is 4.63. The normalized spacial score (nSPS) is 10.5. The summed E-state index contributed by atoms with van der Waals surface area (Å²) >= 11 is 0. The van der Waals surface area contributed by atoms with Crippen molar-refractivity contribution in [1.82, 2.24) is 9.96 Å². The van der Waals surface area contributed by atoms with Crippen LogP contribution in [0.5, 0.6) is 0 Å². The van der Waals surface area contributed by atoms with Crippen LogP contribution in [0.25, 0.3) is 0 Å². The van der Waals surface area contributed by atoms with Crippen molar-refractivity contribution in [2.45, 2.75) is 19.9 Å². The number of hydrogen-bond acceptors (Lipinski definition) is 4. The van der Waals surface area contributed by atoms with E-state index in [-0.39, 0.29) is 25.3 Å². The van der Waals surface area contributed by atoms with Gasteiger partial charge in [0.1, 0.15) is 5.78 Å². The molecule has 104 valence electrons. The molecule has 1 N–H and O–H groups in total. The number of hydrogen-bond donors (Lipinski definition) is 1. The van der Waals surface area contributed by atoms with Crippen LogP contribution in [0.4, 0.5) is 0 Å². The number of nitrogens with zero attached hydrogens (tertiary/aromatic N) is 2. The molecule has 1 rings (SSSR count). The summed E-state index contributed by atoms with van der Waals surface area (Å²) in [7, 11) is 1.81. The SMILES string of the molecule is CC(=O)CCN(O)C(=O)CN(C)Cc1ccccc1. The molecule has 0 fully saturated rings. The van der Waals surface area contributed by atoms with Crippen LogP contribution in [0.1, 0.15) is 18.9 Å². The Morgan fingerprint density at radius 3 is 2.42 bits per heavy atom. The van der Waals surface area contributed by atoms with Crippen molar-refractivity contribution in [3.05, 3.63) is 35.9 Å². The predicted molar refractivity (Wildman–Crippen MR) is 71.6 cm³/mol. The highest BCUT2D eigenvalue weighted by molar-refractivity contribution is 5.79. The number of amides is 1. The fourth-order valence-electron chi connectivity index (χ4n) is 1.65. The van der Waals surface area contributed by atoms with E-state index >= 15 is 0 Å². The van der Waals surface area contributed by atoms with Crippen LogP contribution < -0.4 is 0 Å². The Hall–Kier alpha value is -1.72. The number of rotatable bonds is 7. The molecule has 0 bridgehead atoms. The van der Waals surface area contributed by atoms with Crippen molar-refractivity contribution < 1.29 is 14.8 Å². The molecular formula is C14H20N2O3. The van der Waals surface area contributed by atoms with E-state index in [1.807, 2.05) is 42.3 Å². The molecule has 19 heavy (non-hydrogen) atoms. The van der Waals surface area contributed by atoms with Gasteiger partial charge in [0.15, 0.2) is 0 Å². The topological polar surface area (TPSA) is 60.9 Å². The first kappa shape index (κ1) is 15.3. The highest BCUT2D eigenvalue weighted by Crippen LogP contribution is 2.02. The highest BCUT2D eigenvalue weighted by atomic mass is 16.5. The van der Waals surface area contributed by atoms with E-state index in [0.717, 1.165) is 5.56 Å². The molecule has 0 unspecified atom stereocenters. The number of ketones is 1. The van der Waals surface area contributed by atoms with Crippen molar-refractivity contribution in [2.24, 2.45) is 0 Å². The van der Waals surface area contributed by atoms with E-state index in [2.05, 4.69) is 0 Å². The monoisotopic (exact) mass is 264 g/mol. The van der Waals surface area contributed by atoms with Crippen molar-refractivity contribution in [1.29, 1.82) is 0 Å². The number of carbonyl (C=O) groups excluding carboxylic acids is 2. The number of benzene rings is 1. The number of carbonyl (C=O) groups is 2. The van der Waals surface area contributed by atoms with Gasteiger partial charge in [-0.2, -0.15) is 0 Å². The van der Waals surface area contributed by atoms with Gasteiger partial charge in [-0.05, 0) is 19.5 Å². The zero-order valence-corrected chi connectivity index (χ0v) is 11.4. The van der Waals surface area contributed by atoms with Crippen LogP contribution in [0.15, 0.2) is 30.3 Å². The van der Waals surface area contributed by atoms with Crippen LogP contribution >= 0.6 is 0 Å². The first-order valence-electron chi connectivity index (χ1n) is 6.20. The summed E-state index contributed by atoms with van der Waals surface area (Å²) < 4.78 is 0. The molecule has 0 saturated carbocycles. The Bertz CT molecular complexity index is 420. The minimum absolute atomic E-state index is 0.0490. The van der Waals surface area contributed by atoms with Gasteiger partial charge in [-0.3, -0.25) is 19.7 Å². The molecule has 1 amide bonds. The fraction of sp³-hybridized carbons (Fsp3) is 0.429. The molecule has 1 aromatic carbocycles. The number of hydroxylamine groups is 2. The third kappa shape index (κ3) is 6.13. The maximum absolute atomic E-state index is 11.7. The molecule has 0 atom stereocenters. The van der Waals surface area contributed by atoms with E-state index < -0.39 is 5.91 Å². The minimum atomic E-state index is -0.403. The maximum Gasteiger partial charge on any atom is 0.260 e. The molecule has 0 aromatic heterocycles. The van der Waals surface area contributed by atoms with Gasteiger partial charge in [0, 0.05) is 13.0 Å². The number of likely N-dealkylation sites (N-methyl/N-ethyl adjacent to an activating group) is 1. The molecular weight excluding hydrogens is 244 g/mol. The second kappa shape index (κ2) is 7.66. The lowest BCUT2D eigenvalue weighted by Crippen LogP contribution is -2.37. The lowest BCUT2D eigenvalue weighted by atomic mass is 10.2. The van der Waals surface area contributed by atoms with Gasteiger partial charge in [0.05, 0.1) is 13.1 Å². The Labute approximate surface area is 113 Å². The van der Waals surface area contributed by atoms with E-state index in [4.69, 9.17) is 0 Å². The summed E-state index contributed by atoms with van der Waals surface area (Å²) in [4.78, 5) is 24.3. The van der Waals surface area contributed by atoms with Gasteiger partial charge in [-0.15, -0.1) is 0 Å². The Morgan fingerprint density at radius 1 is 1.21 bits per heavy atom. The summed E-state index contributed by atoms with van der Waals surface area (Å²) in [5, 5.41) is 10.1. The van der Waals surface area contributed by atoms with Crippen molar-refractivity contribution >= 4 is 11.7 Å². The summed E-state index contributed by atoms with van der Waals surface area (Å²) in [5.41, 5.74) is 1.10. The maximum atomic E-state index is 11.7. The molecule has 5 nitrogen and oxygen atoms in total. The molecule has 0 aliphatic heterocycles. The lowest BCUT2D eigenvalue weighted by Gasteiger charge is -2.20. The predicted octanol–water partition coefficient (Wildman–Crippen LogP) is 1.32. The number of Topliss-reactive ketones (excluding diaryl/α,β-unsaturated/α-hetero) is 1. The molecule has 0 aliphatic rings. The second-order valence-corrected chi connectivity index (χ2v) is 4.63. The third-order valence-corrected chi connectivity index (χ3v) is 2.66. The van der Waals surface area contributed by atoms with Crippen LogP contribution in [-0.2, 0) is 16.1 Å². The van der Waals surface area contributed by atoms with E-state index in [1.165, 1.54) is 6.92 Å². The first-order chi connectivity index (χ1) is 8.99. The standard InChI is InChI=1S/C14H20N2O3/c1-12(17)8-9-16(19)14(18)11-15(2)10-13-6-4-3-5-7-13/h3-7,19H,8-11H2,1-2H3. The first-order valence-corrected chi connectivity index (χ1v) is 6.20. The highest BCUT2D eigenvalue weighted by Gasteiger charge is 2.14. The van der Waals surface area contributed by atoms with Gasteiger partial charge < -0.3 is 0 Å². The van der Waals surface area contributed by atoms with E-state index in [9.17, 15) is 14.8 Å². The third-order valence-electron chi connectivity index (χ3n) is 2.66. The Morgan fingerprint density at radius 2 is 1.84 bits per heavy atom. The summed E-state index contributed by atoms with van der Waals surface area (Å²) in [5.74, 6) is -0.454. The quantitative estimate of drug-likeness (QED) is 0.596. The van der Waals surface area contributed by atoms with E-state index in [0.29, 0.717) is 11.6 Å². The van der Waals surface area contributed by atoms with Crippen LogP contribution in [0.3, 0.4) is 0 Å². The molecule has 0 radical (unpaired) electrons. The largest absolute Gasteiger partial charge is 0.300 e. The zero-order chi connectivity index (χ0) is 14.3. The molecule has 0 heterocycles. The molecule has 1 aromatic rings. The van der Waals surface area contributed by atoms with Gasteiger partial charge in [-0.1, -0.05) is 30.3 Å². The summed E-state index contributed by atoms with van der Waals surface area (Å²) in [6, 6.07) is 9.78. The smallest absolute Gasteiger partial charge is 0.260 e. The molecule has 5 heteroatoms. The average molecular weight is 264 g/mol.